The zero-order valence-electron chi connectivity index (χ0n) is 23.0. The van der Waals surface area contributed by atoms with Crippen molar-refractivity contribution in [2.45, 2.75) is 36.9 Å². The number of carboxylic acids is 1. The summed E-state index contributed by atoms with van der Waals surface area (Å²) in [5.41, 5.74) is 4.12. The summed E-state index contributed by atoms with van der Waals surface area (Å²) in [4.78, 5) is 40.8. The Morgan fingerprint density at radius 2 is 1.63 bits per heavy atom. The highest BCUT2D eigenvalue weighted by molar-refractivity contribution is 7.98. The molecule has 3 N–H and O–H groups in total. The Morgan fingerprint density at radius 3 is 2.27 bits per heavy atom. The van der Waals surface area contributed by atoms with E-state index in [1.807, 2.05) is 77.9 Å². The van der Waals surface area contributed by atoms with E-state index in [9.17, 15) is 19.5 Å². The number of aliphatic carboxylic acids is 1. The number of carbonyl (C=O) groups is 3. The molecule has 0 aromatic heterocycles. The lowest BCUT2D eigenvalue weighted by atomic mass is 9.97. The van der Waals surface area contributed by atoms with Gasteiger partial charge in [0.1, 0.15) is 12.6 Å². The van der Waals surface area contributed by atoms with Crippen LogP contribution >= 0.6 is 11.8 Å². The second-order valence-electron chi connectivity index (χ2n) is 10.6. The molecule has 8 nitrogen and oxygen atoms in total. The van der Waals surface area contributed by atoms with Gasteiger partial charge in [-0.2, -0.15) is 11.8 Å². The molecule has 0 spiro atoms. The van der Waals surface area contributed by atoms with Gasteiger partial charge in [0.15, 0.2) is 5.54 Å². The molecule has 3 aromatic rings. The predicted molar refractivity (Wildman–Crippen MR) is 160 cm³/mol. The van der Waals surface area contributed by atoms with Gasteiger partial charge in [0, 0.05) is 25.6 Å². The van der Waals surface area contributed by atoms with Gasteiger partial charge in [-0.05, 0) is 52.7 Å². The maximum Gasteiger partial charge on any atom is 0.407 e. The van der Waals surface area contributed by atoms with Gasteiger partial charge in [-0.3, -0.25) is 9.69 Å². The van der Waals surface area contributed by atoms with Crippen LogP contribution < -0.4 is 10.6 Å². The highest BCUT2D eigenvalue weighted by Crippen LogP contribution is 2.44. The van der Waals surface area contributed by atoms with Gasteiger partial charge in [0.25, 0.3) is 0 Å². The summed E-state index contributed by atoms with van der Waals surface area (Å²) < 4.78 is 5.66. The van der Waals surface area contributed by atoms with E-state index in [4.69, 9.17) is 4.74 Å². The number of hydrogen-bond donors (Lipinski definition) is 3. The first-order chi connectivity index (χ1) is 19.9. The molecule has 1 aliphatic carbocycles. The maximum atomic E-state index is 13.4. The number of nitrogens with one attached hydrogen (secondary N) is 2. The number of alkyl carbamates (subject to hydrolysis) is 1. The molecule has 2 aliphatic rings. The molecule has 1 unspecified atom stereocenters. The van der Waals surface area contributed by atoms with Gasteiger partial charge < -0.3 is 20.5 Å². The minimum Gasteiger partial charge on any atom is -0.479 e. The number of thioether (sulfide) groups is 1. The lowest BCUT2D eigenvalue weighted by Gasteiger charge is -2.29. The van der Waals surface area contributed by atoms with E-state index in [0.29, 0.717) is 25.3 Å². The number of nitrogens with zero attached hydrogens (tertiary/aromatic N) is 1. The first-order valence-corrected chi connectivity index (χ1v) is 15.2. The van der Waals surface area contributed by atoms with Crippen LogP contribution in [-0.2, 0) is 20.9 Å². The molecule has 1 fully saturated rings. The Morgan fingerprint density at radius 1 is 1.00 bits per heavy atom. The lowest BCUT2D eigenvalue weighted by molar-refractivity contribution is -0.147. The minimum atomic E-state index is -1.42. The van der Waals surface area contributed by atoms with Crippen molar-refractivity contribution in [3.05, 3.63) is 95.6 Å². The van der Waals surface area contributed by atoms with Crippen LogP contribution in [-0.4, -0.2) is 71.3 Å². The second-order valence-corrected chi connectivity index (χ2v) is 11.6. The summed E-state index contributed by atoms with van der Waals surface area (Å²) in [5.74, 6) is -1.08. The second kappa shape index (κ2) is 12.8. The number of likely N-dealkylation sites (tertiary alicyclic amines) is 1. The van der Waals surface area contributed by atoms with Crippen LogP contribution in [0.1, 0.15) is 35.4 Å². The Balaban J connectivity index is 1.23. The smallest absolute Gasteiger partial charge is 0.407 e. The molecule has 0 radical (unpaired) electrons. The van der Waals surface area contributed by atoms with E-state index >= 15 is 0 Å². The number of benzene rings is 3. The van der Waals surface area contributed by atoms with Crippen molar-refractivity contribution >= 4 is 29.7 Å². The standard InChI is InChI=1S/C32H35N3O5S/c1-41-18-15-28(29(36)34-32(30(37)38)16-17-35(21-32)19-22-9-3-2-4-10-22)33-31(39)40-20-27-25-13-7-5-11-23(25)24-12-6-8-14-26(24)27/h2-14,27-28H,15-21H2,1H3,(H,33,39)(H,34,36)(H,37,38)/t28-,32?/m1/s1. The van der Waals surface area contributed by atoms with E-state index < -0.39 is 29.6 Å². The average molecular weight is 574 g/mol. The quantitative estimate of drug-likeness (QED) is 0.310. The fourth-order valence-corrected chi connectivity index (χ4v) is 6.28. The van der Waals surface area contributed by atoms with E-state index in [-0.39, 0.29) is 25.5 Å². The zero-order chi connectivity index (χ0) is 28.8. The molecule has 2 amide bonds. The predicted octanol–water partition coefficient (Wildman–Crippen LogP) is 4.49. The molecule has 3 aromatic carbocycles. The van der Waals surface area contributed by atoms with Crippen LogP contribution in [0.3, 0.4) is 0 Å². The summed E-state index contributed by atoms with van der Waals surface area (Å²) in [6, 6.07) is 25.1. The normalized spacial score (nSPS) is 18.8. The van der Waals surface area contributed by atoms with Gasteiger partial charge in [-0.1, -0.05) is 78.9 Å². The number of carbonyl (C=O) groups excluding carboxylic acids is 2. The molecule has 41 heavy (non-hydrogen) atoms. The third-order valence-electron chi connectivity index (χ3n) is 7.93. The fourth-order valence-electron chi connectivity index (χ4n) is 5.81. The van der Waals surface area contributed by atoms with Crippen molar-refractivity contribution in [1.29, 1.82) is 0 Å². The Kier molecular flexibility index (Phi) is 8.95. The molecular weight excluding hydrogens is 538 g/mol. The number of fused-ring (bicyclic) bond motifs is 3. The van der Waals surface area contributed by atoms with Crippen molar-refractivity contribution in [3.63, 3.8) is 0 Å². The van der Waals surface area contributed by atoms with E-state index in [2.05, 4.69) is 22.8 Å². The molecule has 9 heteroatoms. The lowest BCUT2D eigenvalue weighted by Crippen LogP contribution is -2.60. The number of hydrogen-bond acceptors (Lipinski definition) is 6. The highest BCUT2D eigenvalue weighted by atomic mass is 32.2. The summed E-state index contributed by atoms with van der Waals surface area (Å²) >= 11 is 1.55. The van der Waals surface area contributed by atoms with Crippen LogP contribution in [0.2, 0.25) is 0 Å². The Hall–Kier alpha value is -3.82. The summed E-state index contributed by atoms with van der Waals surface area (Å²) in [6.07, 6.45) is 1.84. The molecule has 0 bridgehead atoms. The Bertz CT molecular complexity index is 1360. The van der Waals surface area contributed by atoms with Crippen molar-refractivity contribution < 1.29 is 24.2 Å². The number of ether oxygens (including phenoxy) is 1. The number of carboxylic acid groups (broad SMARTS) is 1. The van der Waals surface area contributed by atoms with Crippen LogP contribution in [0.5, 0.6) is 0 Å². The molecular formula is C32H35N3O5S. The average Bonchev–Trinajstić information content (AvgIpc) is 3.54. The van der Waals surface area contributed by atoms with E-state index in [0.717, 1.165) is 27.8 Å². The SMILES string of the molecule is CSCC[C@@H](NC(=O)OCC1c2ccccc2-c2ccccc21)C(=O)NC1(C(=O)O)CCN(Cc2ccccc2)C1. The highest BCUT2D eigenvalue weighted by Gasteiger charge is 2.47. The van der Waals surface area contributed by atoms with Gasteiger partial charge in [-0.25, -0.2) is 9.59 Å². The number of rotatable bonds is 11. The molecule has 1 saturated heterocycles. The van der Waals surface area contributed by atoms with E-state index in [1.165, 1.54) is 0 Å². The van der Waals surface area contributed by atoms with Gasteiger partial charge in [-0.15, -0.1) is 0 Å². The van der Waals surface area contributed by atoms with Gasteiger partial charge >= 0.3 is 12.1 Å². The van der Waals surface area contributed by atoms with Crippen LogP contribution in [0.25, 0.3) is 11.1 Å². The van der Waals surface area contributed by atoms with Crippen molar-refractivity contribution in [1.82, 2.24) is 15.5 Å². The third-order valence-corrected chi connectivity index (χ3v) is 8.58. The molecule has 214 valence electrons. The maximum absolute atomic E-state index is 13.4. The Labute approximate surface area is 244 Å². The van der Waals surface area contributed by atoms with E-state index in [1.54, 1.807) is 11.8 Å². The minimum absolute atomic E-state index is 0.101. The van der Waals surface area contributed by atoms with Crippen LogP contribution in [0.4, 0.5) is 4.79 Å². The number of amides is 2. The topological polar surface area (TPSA) is 108 Å². The first kappa shape index (κ1) is 28.7. The molecule has 1 heterocycles. The van der Waals surface area contributed by atoms with Crippen LogP contribution in [0.15, 0.2) is 78.9 Å². The largest absolute Gasteiger partial charge is 0.479 e. The molecule has 1 aliphatic heterocycles. The van der Waals surface area contributed by atoms with Crippen molar-refractivity contribution in [3.8, 4) is 11.1 Å². The van der Waals surface area contributed by atoms with Crippen molar-refractivity contribution in [2.24, 2.45) is 0 Å². The van der Waals surface area contributed by atoms with Gasteiger partial charge in [0.05, 0.1) is 0 Å². The first-order valence-electron chi connectivity index (χ1n) is 13.8. The monoisotopic (exact) mass is 573 g/mol. The molecule has 5 rings (SSSR count). The summed E-state index contributed by atoms with van der Waals surface area (Å²) in [7, 11) is 0. The third kappa shape index (κ3) is 6.41. The molecule has 2 atom stereocenters. The zero-order valence-corrected chi connectivity index (χ0v) is 23.9. The van der Waals surface area contributed by atoms with Crippen molar-refractivity contribution in [2.75, 3.05) is 31.7 Å². The molecule has 0 saturated carbocycles. The van der Waals surface area contributed by atoms with Gasteiger partial charge in [0.2, 0.25) is 5.91 Å². The van der Waals surface area contributed by atoms with Crippen LogP contribution in [0, 0.1) is 0 Å². The summed E-state index contributed by atoms with van der Waals surface area (Å²) in [5, 5.41) is 15.6. The summed E-state index contributed by atoms with van der Waals surface area (Å²) in [6.45, 7) is 1.45. The fraction of sp³-hybridized carbons (Fsp3) is 0.344.